The van der Waals surface area contributed by atoms with Crippen molar-refractivity contribution in [3.8, 4) is 11.6 Å². The quantitative estimate of drug-likeness (QED) is 0.552. The average Bonchev–Trinajstić information content (AvgIpc) is 3.06. The number of rotatable bonds is 6. The summed E-state index contributed by atoms with van der Waals surface area (Å²) in [7, 11) is -2.36. The Morgan fingerprint density at radius 2 is 1.87 bits per heavy atom. The van der Waals surface area contributed by atoms with Gasteiger partial charge in [0.05, 0.1) is 23.8 Å². The van der Waals surface area contributed by atoms with Gasteiger partial charge in [0.2, 0.25) is 0 Å². The molecule has 0 radical (unpaired) electrons. The molecule has 0 aliphatic rings. The zero-order chi connectivity index (χ0) is 22.1. The Balaban J connectivity index is 1.96. The van der Waals surface area contributed by atoms with Crippen molar-refractivity contribution in [2.45, 2.75) is 18.4 Å². The van der Waals surface area contributed by atoms with Gasteiger partial charge in [-0.1, -0.05) is 0 Å². The van der Waals surface area contributed by atoms with E-state index in [-0.39, 0.29) is 34.2 Å². The van der Waals surface area contributed by atoms with E-state index in [1.165, 1.54) is 23.9 Å². The molecule has 1 aromatic carbocycles. The number of ether oxygens (including phenoxy) is 2. The molecule has 0 aliphatic carbocycles. The molecule has 0 spiro atoms. The number of sulfone groups is 1. The van der Waals surface area contributed by atoms with E-state index in [0.717, 1.165) is 30.7 Å². The fourth-order valence-electron chi connectivity index (χ4n) is 2.81. The van der Waals surface area contributed by atoms with Crippen LogP contribution in [0.2, 0.25) is 0 Å². The lowest BCUT2D eigenvalue weighted by molar-refractivity contribution is 0.0600. The number of pyridine rings is 1. The number of methoxy groups -OCH3 is 1. The van der Waals surface area contributed by atoms with Crippen LogP contribution in [-0.2, 0) is 21.2 Å². The van der Waals surface area contributed by atoms with E-state index in [1.807, 2.05) is 0 Å². The second-order valence-corrected chi connectivity index (χ2v) is 8.58. The predicted molar refractivity (Wildman–Crippen MR) is 103 cm³/mol. The van der Waals surface area contributed by atoms with E-state index in [1.54, 1.807) is 13.0 Å². The van der Waals surface area contributed by atoms with Crippen LogP contribution in [-0.4, -0.2) is 37.3 Å². The molecule has 7 nitrogen and oxygen atoms in total. The summed E-state index contributed by atoms with van der Waals surface area (Å²) in [5, 5.41) is 0. The summed E-state index contributed by atoms with van der Waals surface area (Å²) in [4.78, 5) is 15.6. The molecule has 0 atom stereocenters. The highest BCUT2D eigenvalue weighted by molar-refractivity contribution is 7.90. The van der Waals surface area contributed by atoms with E-state index in [0.29, 0.717) is 5.69 Å². The fraction of sp³-hybridized carbons (Fsp3) is 0.200. The molecule has 0 saturated heterocycles. The van der Waals surface area contributed by atoms with Crippen molar-refractivity contribution >= 4 is 15.8 Å². The maximum absolute atomic E-state index is 13.8. The zero-order valence-corrected chi connectivity index (χ0v) is 17.2. The van der Waals surface area contributed by atoms with Gasteiger partial charge >= 0.3 is 5.97 Å². The number of nitrogens with zero attached hydrogens (tertiary/aromatic N) is 2. The molecule has 2 heterocycles. The van der Waals surface area contributed by atoms with Crippen molar-refractivity contribution in [2.24, 2.45) is 0 Å². The Hall–Kier alpha value is -3.27. The minimum atomic E-state index is -3.62. The maximum Gasteiger partial charge on any atom is 0.339 e. The van der Waals surface area contributed by atoms with Crippen LogP contribution >= 0.6 is 0 Å². The van der Waals surface area contributed by atoms with Crippen LogP contribution in [0.3, 0.4) is 0 Å². The standard InChI is InChI=1S/C20H18F2N2O5S/c1-12-4-14(20(25)28-2)10-24(12)19-18(8-16(22)9-23-19)29-11-13-5-15(21)7-17(6-13)30(3,26)27/h4-10H,11H2,1-3H3. The van der Waals surface area contributed by atoms with E-state index < -0.39 is 27.4 Å². The third kappa shape index (κ3) is 4.65. The maximum atomic E-state index is 13.8. The molecule has 0 N–H and O–H groups in total. The molecular formula is C20H18F2N2O5S. The van der Waals surface area contributed by atoms with Gasteiger partial charge in [0.1, 0.15) is 18.2 Å². The lowest BCUT2D eigenvalue weighted by atomic mass is 10.2. The second-order valence-electron chi connectivity index (χ2n) is 6.56. The smallest absolute Gasteiger partial charge is 0.339 e. The number of hydrogen-bond acceptors (Lipinski definition) is 6. The molecule has 0 fully saturated rings. The van der Waals surface area contributed by atoms with Gasteiger partial charge in [-0.25, -0.2) is 27.0 Å². The zero-order valence-electron chi connectivity index (χ0n) is 16.3. The number of esters is 1. The first kappa shape index (κ1) is 21.4. The monoisotopic (exact) mass is 436 g/mol. The number of aromatic nitrogens is 2. The summed E-state index contributed by atoms with van der Waals surface area (Å²) in [6.07, 6.45) is 3.43. The van der Waals surface area contributed by atoms with Crippen LogP contribution in [0.4, 0.5) is 8.78 Å². The lowest BCUT2D eigenvalue weighted by Gasteiger charge is -2.13. The Kier molecular flexibility index (Phi) is 5.88. The van der Waals surface area contributed by atoms with E-state index in [2.05, 4.69) is 4.98 Å². The first-order chi connectivity index (χ1) is 14.1. The van der Waals surface area contributed by atoms with E-state index >= 15 is 0 Å². The van der Waals surface area contributed by atoms with E-state index in [9.17, 15) is 22.0 Å². The molecular weight excluding hydrogens is 418 g/mol. The first-order valence-corrected chi connectivity index (χ1v) is 10.5. The Labute approximate surface area is 171 Å². The molecule has 0 amide bonds. The summed E-state index contributed by atoms with van der Waals surface area (Å²) in [5.74, 6) is -1.73. The van der Waals surface area contributed by atoms with Crippen LogP contribution < -0.4 is 4.74 Å². The topological polar surface area (TPSA) is 87.5 Å². The minimum absolute atomic E-state index is 0.0234. The Morgan fingerprint density at radius 3 is 2.53 bits per heavy atom. The van der Waals surface area contributed by atoms with Crippen molar-refractivity contribution < 1.29 is 31.5 Å². The van der Waals surface area contributed by atoms with Gasteiger partial charge in [0, 0.05) is 24.2 Å². The third-order valence-corrected chi connectivity index (χ3v) is 5.31. The van der Waals surface area contributed by atoms with Crippen LogP contribution in [0.25, 0.3) is 5.82 Å². The van der Waals surface area contributed by atoms with Gasteiger partial charge in [0.25, 0.3) is 0 Å². The predicted octanol–water partition coefficient (Wildman–Crippen LogP) is 3.23. The molecule has 2 aromatic heterocycles. The Morgan fingerprint density at radius 1 is 1.13 bits per heavy atom. The molecule has 0 saturated carbocycles. The van der Waals surface area contributed by atoms with Crippen molar-refractivity contribution in [2.75, 3.05) is 13.4 Å². The van der Waals surface area contributed by atoms with Crippen LogP contribution in [0.5, 0.6) is 5.75 Å². The SMILES string of the molecule is COC(=O)c1cc(C)n(-c2ncc(F)cc2OCc2cc(F)cc(S(C)(=O)=O)c2)c1. The molecule has 3 rings (SSSR count). The first-order valence-electron chi connectivity index (χ1n) is 8.64. The van der Waals surface area contributed by atoms with Gasteiger partial charge < -0.3 is 14.0 Å². The summed E-state index contributed by atoms with van der Waals surface area (Å²) in [6, 6.07) is 5.98. The van der Waals surface area contributed by atoms with Crippen molar-refractivity contribution in [1.29, 1.82) is 0 Å². The molecule has 0 unspecified atom stereocenters. The number of carbonyl (C=O) groups excluding carboxylic acids is 1. The normalized spacial score (nSPS) is 11.4. The number of benzene rings is 1. The van der Waals surface area contributed by atoms with Gasteiger partial charge in [-0.05, 0) is 36.8 Å². The second kappa shape index (κ2) is 8.23. The van der Waals surface area contributed by atoms with Gasteiger partial charge in [0.15, 0.2) is 21.4 Å². The minimum Gasteiger partial charge on any atom is -0.485 e. The summed E-state index contributed by atoms with van der Waals surface area (Å²) < 4.78 is 62.9. The molecule has 0 aliphatic heterocycles. The number of hydrogen-bond donors (Lipinski definition) is 0. The van der Waals surface area contributed by atoms with Crippen LogP contribution in [0.15, 0.2) is 47.6 Å². The largest absolute Gasteiger partial charge is 0.485 e. The molecule has 3 aromatic rings. The highest BCUT2D eigenvalue weighted by Crippen LogP contribution is 2.26. The number of carbonyl (C=O) groups is 1. The molecule has 0 bridgehead atoms. The lowest BCUT2D eigenvalue weighted by Crippen LogP contribution is -2.06. The third-order valence-electron chi connectivity index (χ3n) is 4.21. The van der Waals surface area contributed by atoms with Crippen molar-refractivity contribution in [1.82, 2.24) is 9.55 Å². The number of aryl methyl sites for hydroxylation is 1. The number of halogens is 2. The molecule has 10 heteroatoms. The van der Waals surface area contributed by atoms with Gasteiger partial charge in [-0.3, -0.25) is 0 Å². The van der Waals surface area contributed by atoms with Crippen LogP contribution in [0, 0.1) is 18.6 Å². The molecule has 158 valence electrons. The Bertz CT molecular complexity index is 1220. The van der Waals surface area contributed by atoms with Crippen LogP contribution in [0.1, 0.15) is 21.6 Å². The highest BCUT2D eigenvalue weighted by atomic mass is 32.2. The van der Waals surface area contributed by atoms with Crippen molar-refractivity contribution in [3.63, 3.8) is 0 Å². The molecule has 30 heavy (non-hydrogen) atoms. The fourth-order valence-corrected chi connectivity index (χ4v) is 3.50. The average molecular weight is 436 g/mol. The van der Waals surface area contributed by atoms with E-state index in [4.69, 9.17) is 9.47 Å². The highest BCUT2D eigenvalue weighted by Gasteiger charge is 2.17. The van der Waals surface area contributed by atoms with Gasteiger partial charge in [-0.15, -0.1) is 0 Å². The van der Waals surface area contributed by atoms with Gasteiger partial charge in [-0.2, -0.15) is 0 Å². The summed E-state index contributed by atoms with van der Waals surface area (Å²) in [5.41, 5.74) is 1.13. The van der Waals surface area contributed by atoms with Crippen molar-refractivity contribution in [3.05, 3.63) is 71.2 Å². The summed E-state index contributed by atoms with van der Waals surface area (Å²) in [6.45, 7) is 1.48. The summed E-state index contributed by atoms with van der Waals surface area (Å²) >= 11 is 0.